The summed E-state index contributed by atoms with van der Waals surface area (Å²) in [4.78, 5) is 0. The van der Waals surface area contributed by atoms with Crippen LogP contribution >= 0.6 is 0 Å². The average molecular weight is 371 g/mol. The van der Waals surface area contributed by atoms with E-state index in [4.69, 9.17) is 0 Å². The van der Waals surface area contributed by atoms with Crippen LogP contribution in [0.4, 0.5) is 8.78 Å². The van der Waals surface area contributed by atoms with Gasteiger partial charge in [-0.05, 0) is 93.1 Å². The van der Waals surface area contributed by atoms with E-state index in [1.54, 1.807) is 12.1 Å². The normalized spacial score (nSPS) is 28.6. The van der Waals surface area contributed by atoms with Gasteiger partial charge in [-0.3, -0.25) is 0 Å². The van der Waals surface area contributed by atoms with Crippen molar-refractivity contribution in [3.8, 4) is 0 Å². The maximum atomic E-state index is 14.6. The molecule has 0 radical (unpaired) electrons. The molecule has 0 spiro atoms. The van der Waals surface area contributed by atoms with Crippen molar-refractivity contribution in [2.45, 2.75) is 64.2 Å². The Hall–Kier alpha value is -1.70. The summed E-state index contributed by atoms with van der Waals surface area (Å²) in [6.45, 7) is 5.73. The molecule has 1 aromatic rings. The van der Waals surface area contributed by atoms with Crippen molar-refractivity contribution >= 4 is 0 Å². The van der Waals surface area contributed by atoms with E-state index in [-0.39, 0.29) is 5.92 Å². The molecule has 0 N–H and O–H groups in total. The Kier molecular flexibility index (Phi) is 7.04. The first-order valence-electron chi connectivity index (χ1n) is 10.5. The fourth-order valence-electron chi connectivity index (χ4n) is 4.89. The predicted octanol–water partition coefficient (Wildman–Crippen LogP) is 7.52. The molecule has 0 bridgehead atoms. The molecule has 0 nitrogen and oxygen atoms in total. The lowest BCUT2D eigenvalue weighted by molar-refractivity contribution is 0.242. The number of rotatable bonds is 6. The van der Waals surface area contributed by atoms with E-state index in [0.717, 1.165) is 25.7 Å². The maximum Gasteiger partial charge on any atom is 0.162 e. The highest BCUT2D eigenvalue weighted by Gasteiger charge is 2.30. The van der Waals surface area contributed by atoms with Gasteiger partial charge in [0.25, 0.3) is 0 Å². The molecule has 27 heavy (non-hydrogen) atoms. The minimum atomic E-state index is -0.651. The van der Waals surface area contributed by atoms with Gasteiger partial charge in [0.2, 0.25) is 0 Å². The summed E-state index contributed by atoms with van der Waals surface area (Å²) >= 11 is 0. The fraction of sp³-hybridized carbons (Fsp3) is 0.520. The fourth-order valence-corrected chi connectivity index (χ4v) is 4.89. The first-order valence-corrected chi connectivity index (χ1v) is 10.5. The van der Waals surface area contributed by atoms with Gasteiger partial charge in [0.1, 0.15) is 0 Å². The van der Waals surface area contributed by atoms with Gasteiger partial charge in [0.15, 0.2) is 11.6 Å². The van der Waals surface area contributed by atoms with Gasteiger partial charge in [0.05, 0.1) is 0 Å². The van der Waals surface area contributed by atoms with E-state index >= 15 is 0 Å². The van der Waals surface area contributed by atoms with E-state index in [0.29, 0.717) is 41.7 Å². The molecule has 0 aromatic heterocycles. The van der Waals surface area contributed by atoms with Gasteiger partial charge in [-0.2, -0.15) is 0 Å². The first-order chi connectivity index (χ1) is 13.1. The van der Waals surface area contributed by atoms with Crippen molar-refractivity contribution in [1.29, 1.82) is 0 Å². The van der Waals surface area contributed by atoms with Gasteiger partial charge >= 0.3 is 0 Å². The Labute approximate surface area is 163 Å². The molecule has 2 heteroatoms. The second kappa shape index (κ2) is 9.48. The zero-order valence-corrected chi connectivity index (χ0v) is 16.5. The van der Waals surface area contributed by atoms with Crippen LogP contribution in [0.3, 0.4) is 0 Å². The number of hydrogen-bond acceptors (Lipinski definition) is 0. The second-order valence-electron chi connectivity index (χ2n) is 8.20. The highest BCUT2D eigenvalue weighted by Crippen LogP contribution is 2.43. The van der Waals surface area contributed by atoms with E-state index in [1.165, 1.54) is 12.8 Å². The highest BCUT2D eigenvalue weighted by molar-refractivity contribution is 5.30. The van der Waals surface area contributed by atoms with Crippen LogP contribution in [0.25, 0.3) is 0 Å². The third-order valence-corrected chi connectivity index (χ3v) is 6.51. The Bertz CT molecular complexity index is 693. The van der Waals surface area contributed by atoms with Gasteiger partial charge in [-0.15, -0.1) is 6.58 Å². The van der Waals surface area contributed by atoms with E-state index < -0.39 is 11.6 Å². The lowest BCUT2D eigenvalue weighted by atomic mass is 9.70. The van der Waals surface area contributed by atoms with Crippen molar-refractivity contribution in [3.05, 3.63) is 71.9 Å². The molecule has 0 saturated heterocycles. The summed E-state index contributed by atoms with van der Waals surface area (Å²) in [7, 11) is 0. The Morgan fingerprint density at radius 1 is 1.00 bits per heavy atom. The molecule has 2 unspecified atom stereocenters. The summed E-state index contributed by atoms with van der Waals surface area (Å²) in [5.41, 5.74) is 1.05. The standard InChI is InChI=1S/C25H32F2/c1-3-5-7-22-16-17-23(25(27)24(22)26)21-14-12-20(13-15-21)19-10-8-18(6-4-2)9-11-19/h3-4,6,8,10,16-21H,1,5,7,9,11-15H2,2H3/b6-4+. The zero-order chi connectivity index (χ0) is 19.2. The monoisotopic (exact) mass is 370 g/mol. The number of aryl methyl sites for hydroxylation is 1. The van der Waals surface area contributed by atoms with Crippen molar-refractivity contribution in [2.75, 3.05) is 0 Å². The summed E-state index contributed by atoms with van der Waals surface area (Å²) in [5, 5.41) is 0. The SMILES string of the molecule is C=CCCc1ccc(C2CCC(C3C=CC(/C=C/C)CC3)CC2)c(F)c1F. The molecule has 1 fully saturated rings. The second-order valence-corrected chi connectivity index (χ2v) is 8.20. The van der Waals surface area contributed by atoms with Gasteiger partial charge in [-0.25, -0.2) is 8.78 Å². The average Bonchev–Trinajstić information content (AvgIpc) is 2.70. The van der Waals surface area contributed by atoms with Gasteiger partial charge in [-0.1, -0.05) is 42.5 Å². The summed E-state index contributed by atoms with van der Waals surface area (Å²) in [6, 6.07) is 3.60. The van der Waals surface area contributed by atoms with E-state index in [1.807, 2.05) is 6.07 Å². The number of hydrogen-bond donors (Lipinski definition) is 0. The van der Waals surface area contributed by atoms with E-state index in [2.05, 4.69) is 37.8 Å². The molecule has 1 saturated carbocycles. The van der Waals surface area contributed by atoms with Crippen LogP contribution in [0.15, 0.2) is 49.1 Å². The number of allylic oxidation sites excluding steroid dienone is 5. The quantitative estimate of drug-likeness (QED) is 0.454. The highest BCUT2D eigenvalue weighted by atomic mass is 19.2. The Balaban J connectivity index is 1.60. The minimum Gasteiger partial charge on any atom is -0.203 e. The molecule has 3 rings (SSSR count). The lowest BCUT2D eigenvalue weighted by Crippen LogP contribution is -2.23. The molecule has 2 aliphatic rings. The maximum absolute atomic E-state index is 14.6. The molecule has 146 valence electrons. The Morgan fingerprint density at radius 3 is 2.41 bits per heavy atom. The van der Waals surface area contributed by atoms with Crippen molar-refractivity contribution in [1.82, 2.24) is 0 Å². The first kappa shape index (κ1) is 20.0. The summed E-state index contributed by atoms with van der Waals surface area (Å²) in [6.07, 6.45) is 18.8. The largest absolute Gasteiger partial charge is 0.203 e. The number of benzene rings is 1. The van der Waals surface area contributed by atoms with Crippen molar-refractivity contribution in [3.63, 3.8) is 0 Å². The molecule has 0 amide bonds. The van der Waals surface area contributed by atoms with Crippen LogP contribution in [0, 0.1) is 29.4 Å². The van der Waals surface area contributed by atoms with Crippen LogP contribution < -0.4 is 0 Å². The topological polar surface area (TPSA) is 0 Å². The third-order valence-electron chi connectivity index (χ3n) is 6.51. The van der Waals surface area contributed by atoms with E-state index in [9.17, 15) is 8.78 Å². The van der Waals surface area contributed by atoms with Crippen LogP contribution in [-0.2, 0) is 6.42 Å². The zero-order valence-electron chi connectivity index (χ0n) is 16.5. The Morgan fingerprint density at radius 2 is 1.78 bits per heavy atom. The summed E-state index contributed by atoms with van der Waals surface area (Å²) in [5.74, 6) is 0.847. The van der Waals surface area contributed by atoms with Crippen LogP contribution in [0.5, 0.6) is 0 Å². The van der Waals surface area contributed by atoms with Crippen LogP contribution in [-0.4, -0.2) is 0 Å². The van der Waals surface area contributed by atoms with Gasteiger partial charge < -0.3 is 0 Å². The molecule has 2 atom stereocenters. The van der Waals surface area contributed by atoms with Crippen LogP contribution in [0.1, 0.15) is 68.9 Å². The molecular formula is C25H32F2. The molecule has 0 heterocycles. The minimum absolute atomic E-state index is 0.160. The lowest BCUT2D eigenvalue weighted by Gasteiger charge is -2.35. The van der Waals surface area contributed by atoms with Crippen LogP contribution in [0.2, 0.25) is 0 Å². The third kappa shape index (κ3) is 4.78. The molecule has 0 aliphatic heterocycles. The smallest absolute Gasteiger partial charge is 0.162 e. The molecule has 1 aromatic carbocycles. The van der Waals surface area contributed by atoms with Gasteiger partial charge in [0, 0.05) is 0 Å². The van der Waals surface area contributed by atoms with Crippen molar-refractivity contribution in [2.24, 2.45) is 17.8 Å². The predicted molar refractivity (Wildman–Crippen MR) is 110 cm³/mol. The summed E-state index contributed by atoms with van der Waals surface area (Å²) < 4.78 is 29.0. The van der Waals surface area contributed by atoms with Crippen molar-refractivity contribution < 1.29 is 8.78 Å². The number of halogens is 2. The molecule has 2 aliphatic carbocycles. The molecular weight excluding hydrogens is 338 g/mol.